The van der Waals surface area contributed by atoms with E-state index in [1.165, 1.54) is 11.9 Å². The largest absolute Gasteiger partial charge is 0.368 e. The number of para-hydroxylation sites is 1. The summed E-state index contributed by atoms with van der Waals surface area (Å²) in [6.45, 7) is 4.62. The van der Waals surface area contributed by atoms with E-state index in [-0.39, 0.29) is 24.9 Å². The van der Waals surface area contributed by atoms with E-state index in [2.05, 4.69) is 10.4 Å². The molecule has 0 N–H and O–H groups in total. The summed E-state index contributed by atoms with van der Waals surface area (Å²) in [5.74, 6) is -0.524. The molecule has 134 valence electrons. The van der Waals surface area contributed by atoms with Crippen LogP contribution in [0, 0.1) is 0 Å². The molecule has 25 heavy (non-hydrogen) atoms. The van der Waals surface area contributed by atoms with E-state index >= 15 is 0 Å². The number of hydrogen-bond acceptors (Lipinski definition) is 5. The van der Waals surface area contributed by atoms with Gasteiger partial charge >= 0.3 is 5.69 Å². The Kier molecular flexibility index (Phi) is 6.04. The van der Waals surface area contributed by atoms with Crippen molar-refractivity contribution in [3.05, 3.63) is 40.8 Å². The van der Waals surface area contributed by atoms with E-state index in [0.717, 1.165) is 9.36 Å². The van der Waals surface area contributed by atoms with Crippen LogP contribution in [0.2, 0.25) is 0 Å². The van der Waals surface area contributed by atoms with Gasteiger partial charge in [-0.2, -0.15) is 9.36 Å². The third-order valence-corrected chi connectivity index (χ3v) is 3.84. The Balaban J connectivity index is 2.05. The van der Waals surface area contributed by atoms with Crippen molar-refractivity contribution in [2.45, 2.75) is 20.4 Å². The smallest absolute Gasteiger partial charge is 0.342 e. The van der Waals surface area contributed by atoms with Gasteiger partial charge in [-0.3, -0.25) is 9.59 Å². The van der Waals surface area contributed by atoms with E-state index in [4.69, 9.17) is 0 Å². The van der Waals surface area contributed by atoms with E-state index in [1.54, 1.807) is 29.2 Å². The van der Waals surface area contributed by atoms with Crippen LogP contribution in [-0.4, -0.2) is 68.1 Å². The van der Waals surface area contributed by atoms with Crippen molar-refractivity contribution in [2.24, 2.45) is 0 Å². The average molecular weight is 346 g/mol. The van der Waals surface area contributed by atoms with Gasteiger partial charge in [0.15, 0.2) is 0 Å². The van der Waals surface area contributed by atoms with Crippen molar-refractivity contribution in [1.82, 2.24) is 29.6 Å². The molecular formula is C16H22N6O3. The molecule has 0 radical (unpaired) electrons. The fourth-order valence-electron chi connectivity index (χ4n) is 2.32. The first kappa shape index (κ1) is 18.4. The van der Waals surface area contributed by atoms with Gasteiger partial charge in [-0.15, -0.1) is 0 Å². The molecule has 0 unspecified atom stereocenters. The lowest BCUT2D eigenvalue weighted by Gasteiger charge is -2.23. The van der Waals surface area contributed by atoms with Crippen molar-refractivity contribution in [3.8, 4) is 5.69 Å². The van der Waals surface area contributed by atoms with Crippen LogP contribution >= 0.6 is 0 Å². The normalized spacial score (nSPS) is 10.5. The fourth-order valence-corrected chi connectivity index (χ4v) is 2.32. The Morgan fingerprint density at radius 3 is 2.28 bits per heavy atom. The van der Waals surface area contributed by atoms with Crippen LogP contribution in [0.5, 0.6) is 0 Å². The first-order chi connectivity index (χ1) is 12.0. The molecule has 1 aromatic carbocycles. The minimum absolute atomic E-state index is 0.0396. The molecule has 0 atom stereocenters. The Bertz CT molecular complexity index is 779. The van der Waals surface area contributed by atoms with Crippen molar-refractivity contribution in [2.75, 3.05) is 26.7 Å². The second-order valence-electron chi connectivity index (χ2n) is 5.48. The quantitative estimate of drug-likeness (QED) is 0.689. The molecule has 0 spiro atoms. The van der Waals surface area contributed by atoms with E-state index in [0.29, 0.717) is 18.8 Å². The highest BCUT2D eigenvalue weighted by Gasteiger charge is 2.19. The number of carbonyl (C=O) groups is 2. The lowest BCUT2D eigenvalue weighted by Crippen LogP contribution is -2.42. The summed E-state index contributed by atoms with van der Waals surface area (Å²) < 4.78 is 2.10. The average Bonchev–Trinajstić information content (AvgIpc) is 2.97. The standard InChI is InChI=1S/C16H22N6O3/c1-4-20(5-2)15(24)11-19(3)14(23)12-21-16(25)22(18-17-21)13-9-7-6-8-10-13/h6-10H,4-5,11-12H2,1-3H3. The van der Waals surface area contributed by atoms with Gasteiger partial charge in [0.25, 0.3) is 0 Å². The van der Waals surface area contributed by atoms with E-state index < -0.39 is 5.69 Å². The maximum atomic E-state index is 12.3. The summed E-state index contributed by atoms with van der Waals surface area (Å²) in [6, 6.07) is 8.82. The summed E-state index contributed by atoms with van der Waals surface area (Å²) in [5.41, 5.74) is 0.0549. The van der Waals surface area contributed by atoms with Crippen LogP contribution < -0.4 is 5.69 Å². The molecule has 2 rings (SSSR count). The van der Waals surface area contributed by atoms with Gasteiger partial charge in [-0.1, -0.05) is 18.2 Å². The van der Waals surface area contributed by atoms with Crippen LogP contribution in [0.4, 0.5) is 0 Å². The lowest BCUT2D eigenvalue weighted by molar-refractivity contribution is -0.139. The third kappa shape index (κ3) is 4.31. The van der Waals surface area contributed by atoms with Crippen molar-refractivity contribution < 1.29 is 9.59 Å². The van der Waals surface area contributed by atoms with Crippen molar-refractivity contribution in [3.63, 3.8) is 0 Å². The molecule has 2 aromatic rings. The van der Waals surface area contributed by atoms with E-state index in [9.17, 15) is 14.4 Å². The number of amides is 2. The van der Waals surface area contributed by atoms with Gasteiger partial charge in [0, 0.05) is 20.1 Å². The summed E-state index contributed by atoms with van der Waals surface area (Å²) in [5, 5.41) is 7.52. The number of hydrogen-bond donors (Lipinski definition) is 0. The highest BCUT2D eigenvalue weighted by Crippen LogP contribution is 2.01. The number of carbonyl (C=O) groups excluding carboxylic acids is 2. The van der Waals surface area contributed by atoms with Crippen LogP contribution in [0.1, 0.15) is 13.8 Å². The second-order valence-corrected chi connectivity index (χ2v) is 5.48. The molecule has 0 aliphatic carbocycles. The summed E-state index contributed by atoms with van der Waals surface area (Å²) >= 11 is 0. The molecule has 0 bridgehead atoms. The highest BCUT2D eigenvalue weighted by atomic mass is 16.2. The third-order valence-electron chi connectivity index (χ3n) is 3.84. The minimum Gasteiger partial charge on any atom is -0.342 e. The van der Waals surface area contributed by atoms with Crippen LogP contribution in [0.15, 0.2) is 35.1 Å². The number of likely N-dealkylation sites (N-methyl/N-ethyl adjacent to an activating group) is 2. The molecule has 1 aromatic heterocycles. The molecule has 0 saturated carbocycles. The monoisotopic (exact) mass is 346 g/mol. The topological polar surface area (TPSA) is 93.3 Å². The van der Waals surface area contributed by atoms with Crippen LogP contribution in [0.3, 0.4) is 0 Å². The molecule has 0 fully saturated rings. The Morgan fingerprint density at radius 1 is 1.04 bits per heavy atom. The first-order valence-electron chi connectivity index (χ1n) is 8.07. The SMILES string of the molecule is CCN(CC)C(=O)CN(C)C(=O)Cn1nnn(-c2ccccc2)c1=O. The zero-order valence-electron chi connectivity index (χ0n) is 14.6. The molecule has 9 heteroatoms. The molecule has 2 amide bonds. The minimum atomic E-state index is -0.511. The highest BCUT2D eigenvalue weighted by molar-refractivity contribution is 5.84. The molecule has 9 nitrogen and oxygen atoms in total. The Morgan fingerprint density at radius 2 is 1.68 bits per heavy atom. The van der Waals surface area contributed by atoms with Crippen LogP contribution in [0.25, 0.3) is 5.69 Å². The number of aromatic nitrogens is 4. The number of benzene rings is 1. The zero-order valence-corrected chi connectivity index (χ0v) is 14.6. The maximum Gasteiger partial charge on any atom is 0.368 e. The zero-order chi connectivity index (χ0) is 18.4. The van der Waals surface area contributed by atoms with Gasteiger partial charge < -0.3 is 9.80 Å². The molecule has 0 aliphatic heterocycles. The Labute approximate surface area is 145 Å². The first-order valence-corrected chi connectivity index (χ1v) is 8.07. The van der Waals surface area contributed by atoms with Crippen molar-refractivity contribution in [1.29, 1.82) is 0 Å². The lowest BCUT2D eigenvalue weighted by atomic mass is 10.3. The van der Waals surface area contributed by atoms with Gasteiger partial charge in [-0.05, 0) is 36.4 Å². The van der Waals surface area contributed by atoms with Gasteiger partial charge in [0.2, 0.25) is 11.8 Å². The van der Waals surface area contributed by atoms with Gasteiger partial charge in [0.1, 0.15) is 6.54 Å². The molecule has 0 aliphatic rings. The van der Waals surface area contributed by atoms with E-state index in [1.807, 2.05) is 19.9 Å². The summed E-state index contributed by atoms with van der Waals surface area (Å²) in [4.78, 5) is 39.6. The van der Waals surface area contributed by atoms with Crippen molar-refractivity contribution >= 4 is 11.8 Å². The fraction of sp³-hybridized carbons (Fsp3) is 0.438. The summed E-state index contributed by atoms with van der Waals surface area (Å²) in [6.07, 6.45) is 0. The molecule has 1 heterocycles. The van der Waals surface area contributed by atoms with Gasteiger partial charge in [-0.25, -0.2) is 4.79 Å². The molecule has 0 saturated heterocycles. The number of rotatable bonds is 7. The number of nitrogens with zero attached hydrogens (tertiary/aromatic N) is 6. The van der Waals surface area contributed by atoms with Crippen LogP contribution in [-0.2, 0) is 16.1 Å². The second kappa shape index (κ2) is 8.22. The predicted octanol–water partition coefficient (Wildman–Crippen LogP) is -0.244. The predicted molar refractivity (Wildman–Crippen MR) is 91.2 cm³/mol. The summed E-state index contributed by atoms with van der Waals surface area (Å²) in [7, 11) is 1.52. The van der Waals surface area contributed by atoms with Gasteiger partial charge in [0.05, 0.1) is 12.2 Å². The number of tetrazole rings is 1. The maximum absolute atomic E-state index is 12.3. The Hall–Kier alpha value is -2.97. The molecular weight excluding hydrogens is 324 g/mol.